The van der Waals surface area contributed by atoms with E-state index in [-0.39, 0.29) is 11.0 Å². The number of carbonyl (C=O) groups excluding carboxylic acids is 1. The first-order valence-corrected chi connectivity index (χ1v) is 9.61. The van der Waals surface area contributed by atoms with E-state index < -0.39 is 0 Å². The number of carbonyl (C=O) groups is 1. The van der Waals surface area contributed by atoms with Crippen molar-refractivity contribution in [2.75, 3.05) is 18.5 Å². The molecule has 0 aromatic heterocycles. The largest absolute Gasteiger partial charge is 0.494 e. The Kier molecular flexibility index (Phi) is 8.58. The highest BCUT2D eigenvalue weighted by Gasteiger charge is 2.09. The van der Waals surface area contributed by atoms with Gasteiger partial charge in [0, 0.05) is 17.3 Å². The standard InChI is InChI=1S/C21H26N2O3S/c1-3-5-13-26-18-10-6-8-16(14-18)20(24)23-21(27)22-17-9-7-11-19(15-17)25-12-4-2/h6-11,14-15H,3-5,12-13H2,1-2H3,(H2,22,23,24,27). The lowest BCUT2D eigenvalue weighted by molar-refractivity contribution is 0.0977. The summed E-state index contributed by atoms with van der Waals surface area (Å²) in [5.74, 6) is 1.15. The van der Waals surface area contributed by atoms with Gasteiger partial charge in [0.15, 0.2) is 5.11 Å². The Hall–Kier alpha value is -2.60. The molecule has 144 valence electrons. The van der Waals surface area contributed by atoms with Gasteiger partial charge in [0.25, 0.3) is 5.91 Å². The van der Waals surface area contributed by atoms with Crippen LogP contribution in [0.15, 0.2) is 48.5 Å². The Morgan fingerprint density at radius 1 is 0.963 bits per heavy atom. The summed E-state index contributed by atoms with van der Waals surface area (Å²) in [5, 5.41) is 5.92. The zero-order valence-corrected chi connectivity index (χ0v) is 16.6. The van der Waals surface area contributed by atoms with Crippen LogP contribution in [0.25, 0.3) is 0 Å². The summed E-state index contributed by atoms with van der Waals surface area (Å²) in [7, 11) is 0. The summed E-state index contributed by atoms with van der Waals surface area (Å²) in [5.41, 5.74) is 1.25. The van der Waals surface area contributed by atoms with Crippen LogP contribution >= 0.6 is 12.2 Å². The number of amides is 1. The number of anilines is 1. The van der Waals surface area contributed by atoms with Gasteiger partial charge >= 0.3 is 0 Å². The monoisotopic (exact) mass is 386 g/mol. The molecule has 2 aromatic carbocycles. The molecule has 2 N–H and O–H groups in total. The first kappa shape index (κ1) is 20.7. The van der Waals surface area contributed by atoms with Crippen LogP contribution in [0, 0.1) is 0 Å². The molecule has 0 spiro atoms. The number of nitrogens with one attached hydrogen (secondary N) is 2. The third kappa shape index (κ3) is 7.27. The maximum Gasteiger partial charge on any atom is 0.257 e. The van der Waals surface area contributed by atoms with Crippen molar-refractivity contribution in [3.05, 3.63) is 54.1 Å². The Labute approximate surface area is 166 Å². The molecule has 2 rings (SSSR count). The summed E-state index contributed by atoms with van der Waals surface area (Å²) in [6.07, 6.45) is 2.98. The van der Waals surface area contributed by atoms with Crippen LogP contribution in [0.1, 0.15) is 43.5 Å². The van der Waals surface area contributed by atoms with Crippen molar-refractivity contribution in [2.45, 2.75) is 33.1 Å². The molecule has 0 fully saturated rings. The van der Waals surface area contributed by atoms with Crippen LogP contribution in [0.4, 0.5) is 5.69 Å². The van der Waals surface area contributed by atoms with E-state index in [9.17, 15) is 4.79 Å². The Balaban J connectivity index is 1.91. The average molecular weight is 387 g/mol. The maximum absolute atomic E-state index is 12.4. The van der Waals surface area contributed by atoms with Gasteiger partial charge in [-0.1, -0.05) is 32.4 Å². The van der Waals surface area contributed by atoms with Crippen molar-refractivity contribution in [1.82, 2.24) is 5.32 Å². The van der Waals surface area contributed by atoms with Crippen LogP contribution in [0.2, 0.25) is 0 Å². The highest BCUT2D eigenvalue weighted by Crippen LogP contribution is 2.18. The highest BCUT2D eigenvalue weighted by molar-refractivity contribution is 7.80. The van der Waals surface area contributed by atoms with Gasteiger partial charge in [0.1, 0.15) is 11.5 Å². The second-order valence-corrected chi connectivity index (χ2v) is 6.42. The molecule has 0 aliphatic rings. The summed E-state index contributed by atoms with van der Waals surface area (Å²) >= 11 is 5.25. The molecule has 0 heterocycles. The minimum absolute atomic E-state index is 0.227. The van der Waals surface area contributed by atoms with Crippen LogP contribution in [0.5, 0.6) is 11.5 Å². The van der Waals surface area contributed by atoms with Crippen molar-refractivity contribution in [2.24, 2.45) is 0 Å². The molecule has 27 heavy (non-hydrogen) atoms. The van der Waals surface area contributed by atoms with E-state index in [0.29, 0.717) is 24.5 Å². The van der Waals surface area contributed by atoms with Gasteiger partial charge in [-0.2, -0.15) is 0 Å². The van der Waals surface area contributed by atoms with Gasteiger partial charge in [0.2, 0.25) is 0 Å². The molecule has 0 saturated carbocycles. The molecule has 0 saturated heterocycles. The van der Waals surface area contributed by atoms with Crippen LogP contribution < -0.4 is 20.1 Å². The van der Waals surface area contributed by atoms with Crippen LogP contribution in [-0.4, -0.2) is 24.2 Å². The van der Waals surface area contributed by atoms with E-state index >= 15 is 0 Å². The summed E-state index contributed by atoms with van der Waals surface area (Å²) < 4.78 is 11.2. The van der Waals surface area contributed by atoms with Gasteiger partial charge in [-0.3, -0.25) is 10.1 Å². The molecule has 0 unspecified atom stereocenters. The lowest BCUT2D eigenvalue weighted by Crippen LogP contribution is -2.34. The van der Waals surface area contributed by atoms with Crippen molar-refractivity contribution >= 4 is 28.9 Å². The van der Waals surface area contributed by atoms with Crippen LogP contribution in [-0.2, 0) is 0 Å². The maximum atomic E-state index is 12.4. The molecular weight excluding hydrogens is 360 g/mol. The summed E-state index contributed by atoms with van der Waals surface area (Å²) in [6, 6.07) is 14.5. The van der Waals surface area contributed by atoms with E-state index in [1.807, 2.05) is 30.3 Å². The molecule has 6 heteroatoms. The molecule has 0 radical (unpaired) electrons. The highest BCUT2D eigenvalue weighted by atomic mass is 32.1. The number of rotatable bonds is 9. The molecular formula is C21H26N2O3S. The van der Waals surface area contributed by atoms with Gasteiger partial charge in [-0.25, -0.2) is 0 Å². The smallest absolute Gasteiger partial charge is 0.257 e. The SMILES string of the molecule is CCCCOc1cccc(C(=O)NC(=S)Nc2cccc(OCCC)c2)c1. The second kappa shape index (κ2) is 11.2. The first-order valence-electron chi connectivity index (χ1n) is 9.20. The summed E-state index contributed by atoms with van der Waals surface area (Å²) in [4.78, 5) is 12.4. The third-order valence-electron chi connectivity index (χ3n) is 3.65. The number of ether oxygens (including phenoxy) is 2. The zero-order chi connectivity index (χ0) is 19.5. The van der Waals surface area contributed by atoms with E-state index in [4.69, 9.17) is 21.7 Å². The van der Waals surface area contributed by atoms with E-state index in [0.717, 1.165) is 30.7 Å². The predicted octanol–water partition coefficient (Wildman–Crippen LogP) is 4.78. The topological polar surface area (TPSA) is 59.6 Å². The Morgan fingerprint density at radius 3 is 2.41 bits per heavy atom. The normalized spacial score (nSPS) is 10.1. The molecule has 2 aromatic rings. The van der Waals surface area contributed by atoms with Crippen molar-refractivity contribution in [1.29, 1.82) is 0 Å². The number of hydrogen-bond acceptors (Lipinski definition) is 4. The van der Waals surface area contributed by atoms with Gasteiger partial charge in [-0.05, 0) is 55.4 Å². The quantitative estimate of drug-likeness (QED) is 0.480. The molecule has 0 bridgehead atoms. The lowest BCUT2D eigenvalue weighted by atomic mass is 10.2. The second-order valence-electron chi connectivity index (χ2n) is 6.01. The molecule has 0 aliphatic carbocycles. The molecule has 1 amide bonds. The molecule has 0 aliphatic heterocycles. The van der Waals surface area contributed by atoms with E-state index in [1.165, 1.54) is 0 Å². The Bertz CT molecular complexity index is 765. The van der Waals surface area contributed by atoms with Gasteiger partial charge in [0.05, 0.1) is 13.2 Å². The van der Waals surface area contributed by atoms with Crippen LogP contribution in [0.3, 0.4) is 0 Å². The molecule has 5 nitrogen and oxygen atoms in total. The number of unbranched alkanes of at least 4 members (excludes halogenated alkanes) is 1. The van der Waals surface area contributed by atoms with Crippen molar-refractivity contribution in [3.63, 3.8) is 0 Å². The Morgan fingerprint density at radius 2 is 1.67 bits per heavy atom. The van der Waals surface area contributed by atoms with E-state index in [2.05, 4.69) is 24.5 Å². The number of thiocarbonyl (C=S) groups is 1. The fourth-order valence-corrected chi connectivity index (χ4v) is 2.49. The zero-order valence-electron chi connectivity index (χ0n) is 15.8. The average Bonchev–Trinajstić information content (AvgIpc) is 2.67. The fourth-order valence-electron chi connectivity index (χ4n) is 2.28. The third-order valence-corrected chi connectivity index (χ3v) is 3.86. The minimum atomic E-state index is -0.285. The van der Waals surface area contributed by atoms with Crippen molar-refractivity contribution < 1.29 is 14.3 Å². The van der Waals surface area contributed by atoms with Gasteiger partial charge in [-0.15, -0.1) is 0 Å². The minimum Gasteiger partial charge on any atom is -0.494 e. The first-order chi connectivity index (χ1) is 13.1. The lowest BCUT2D eigenvalue weighted by Gasteiger charge is -2.12. The summed E-state index contributed by atoms with van der Waals surface area (Å²) in [6.45, 7) is 5.45. The van der Waals surface area contributed by atoms with Crippen molar-refractivity contribution in [3.8, 4) is 11.5 Å². The van der Waals surface area contributed by atoms with Gasteiger partial charge < -0.3 is 14.8 Å². The predicted molar refractivity (Wildman–Crippen MR) is 113 cm³/mol. The molecule has 0 atom stereocenters. The van der Waals surface area contributed by atoms with E-state index in [1.54, 1.807) is 18.2 Å². The number of benzene rings is 2. The number of hydrogen-bond donors (Lipinski definition) is 2. The fraction of sp³-hybridized carbons (Fsp3) is 0.333.